The van der Waals surface area contributed by atoms with Crippen molar-refractivity contribution in [3.05, 3.63) is 113 Å². The average molecular weight is 792 g/mol. The summed E-state index contributed by atoms with van der Waals surface area (Å²) in [4.78, 5) is 77.8. The number of likely N-dealkylation sites (tertiary alicyclic amines) is 1. The summed E-state index contributed by atoms with van der Waals surface area (Å²) in [5.74, 6) is -0.534. The number of aromatic nitrogens is 3. The Kier molecular flexibility index (Phi) is 9.43. The number of nitrogens with zero attached hydrogens (tertiary/aromatic N) is 7. The summed E-state index contributed by atoms with van der Waals surface area (Å²) in [7, 11) is 0. The molecule has 2 aromatic heterocycles. The molecule has 14 heteroatoms. The summed E-state index contributed by atoms with van der Waals surface area (Å²) < 4.78 is 1.57. The Bertz CT molecular complexity index is 2500. The van der Waals surface area contributed by atoms with E-state index in [2.05, 4.69) is 36.6 Å². The van der Waals surface area contributed by atoms with Gasteiger partial charge in [-0.25, -0.2) is 9.50 Å². The van der Waals surface area contributed by atoms with Crippen LogP contribution in [-0.4, -0.2) is 104 Å². The number of rotatable bonds is 8. The average Bonchev–Trinajstić information content (AvgIpc) is 3.96. The van der Waals surface area contributed by atoms with Crippen molar-refractivity contribution >= 4 is 46.6 Å². The van der Waals surface area contributed by atoms with Crippen molar-refractivity contribution in [1.82, 2.24) is 34.6 Å². The molecule has 3 saturated heterocycles. The van der Waals surface area contributed by atoms with Crippen LogP contribution in [0, 0.1) is 5.92 Å². The molecule has 1 unspecified atom stereocenters. The third-order valence-corrected chi connectivity index (χ3v) is 12.9. The number of piperidine rings is 3. The Balaban J connectivity index is 0.746. The zero-order valence-electron chi connectivity index (χ0n) is 32.7. The van der Waals surface area contributed by atoms with Crippen LogP contribution in [-0.2, 0) is 22.7 Å². The van der Waals surface area contributed by atoms with Crippen molar-refractivity contribution in [3.8, 4) is 11.1 Å². The monoisotopic (exact) mass is 791 g/mol. The van der Waals surface area contributed by atoms with Gasteiger partial charge >= 0.3 is 0 Å². The zero-order chi connectivity index (χ0) is 40.2. The standard InChI is InChI=1S/C45H45N9O5/c55-41-11-9-39(43(57)48-41)53-26-30-6-7-33(23-35(30)45(53)59)51-19-12-28(13-20-51)25-50-17-14-32(15-18-50)52-27-31-22-38(34(24-36(31)44(52)58)29-4-2-1-3-5-29)47-42(56)37-8-10-40-46-16-21-54(40)49-37/h1-8,10,16,21-24,28,32,39H,9,11-15,17-20,25-27H2,(H,47,56)(H,48,55,57). The first-order chi connectivity index (χ1) is 28.8. The van der Waals surface area contributed by atoms with Gasteiger partial charge in [0.2, 0.25) is 11.8 Å². The molecule has 0 spiro atoms. The fourth-order valence-corrected chi connectivity index (χ4v) is 9.65. The van der Waals surface area contributed by atoms with E-state index < -0.39 is 6.04 Å². The first-order valence-corrected chi connectivity index (χ1v) is 20.7. The van der Waals surface area contributed by atoms with Crippen LogP contribution in [0.25, 0.3) is 16.8 Å². The molecular formula is C45H45N9O5. The Morgan fingerprint density at radius 3 is 2.32 bits per heavy atom. The van der Waals surface area contributed by atoms with E-state index in [0.29, 0.717) is 47.9 Å². The maximum Gasteiger partial charge on any atom is 0.276 e. The van der Waals surface area contributed by atoms with E-state index in [-0.39, 0.29) is 47.7 Å². The molecule has 1 atom stereocenters. The fraction of sp³-hybridized carbons (Fsp3) is 0.356. The molecule has 0 bridgehead atoms. The zero-order valence-corrected chi connectivity index (χ0v) is 32.7. The number of imide groups is 1. The molecule has 0 aliphatic carbocycles. The minimum absolute atomic E-state index is 0.0463. The third kappa shape index (κ3) is 7.00. The van der Waals surface area contributed by atoms with E-state index in [1.54, 1.807) is 33.9 Å². The quantitative estimate of drug-likeness (QED) is 0.212. The SMILES string of the molecule is O=C1CCC(N2Cc3ccc(N4CCC(CN5CCC(N6Cc7cc(NC(=O)c8ccc9nccn9n8)c(-c8ccccc8)cc7C6=O)CC5)CC4)cc3C2=O)C(=O)N1. The number of hydrogen-bond acceptors (Lipinski definition) is 9. The number of hydrogen-bond donors (Lipinski definition) is 2. The van der Waals surface area contributed by atoms with E-state index >= 15 is 0 Å². The van der Waals surface area contributed by atoms with Crippen LogP contribution in [0.5, 0.6) is 0 Å². The van der Waals surface area contributed by atoms with Crippen LogP contribution < -0.4 is 15.5 Å². The molecular weight excluding hydrogens is 747 g/mol. The maximum atomic E-state index is 14.0. The normalized spacial score (nSPS) is 20.3. The Labute approximate surface area is 341 Å². The predicted octanol–water partition coefficient (Wildman–Crippen LogP) is 4.75. The highest BCUT2D eigenvalue weighted by Crippen LogP contribution is 2.38. The van der Waals surface area contributed by atoms with Gasteiger partial charge in [0, 0.05) is 98.7 Å². The number of nitrogens with one attached hydrogen (secondary N) is 2. The summed E-state index contributed by atoms with van der Waals surface area (Å²) >= 11 is 0. The first kappa shape index (κ1) is 36.9. The fourth-order valence-electron chi connectivity index (χ4n) is 9.65. The van der Waals surface area contributed by atoms with Gasteiger partial charge in [0.25, 0.3) is 17.7 Å². The number of fused-ring (bicyclic) bond motifs is 3. The smallest absolute Gasteiger partial charge is 0.276 e. The minimum Gasteiger partial charge on any atom is -0.371 e. The lowest BCUT2D eigenvalue weighted by Crippen LogP contribution is -2.52. The Morgan fingerprint density at radius 2 is 1.53 bits per heavy atom. The highest BCUT2D eigenvalue weighted by atomic mass is 16.2. The van der Waals surface area contributed by atoms with Gasteiger partial charge in [-0.3, -0.25) is 29.3 Å². The maximum absolute atomic E-state index is 14.0. The number of carbonyl (C=O) groups is 5. The number of anilines is 2. The Morgan fingerprint density at radius 1 is 0.763 bits per heavy atom. The largest absolute Gasteiger partial charge is 0.371 e. The summed E-state index contributed by atoms with van der Waals surface area (Å²) in [6.07, 6.45) is 7.89. The number of benzene rings is 3. The number of imidazole rings is 1. The molecule has 0 radical (unpaired) electrons. The Hall–Kier alpha value is -6.41. The van der Waals surface area contributed by atoms with Crippen LogP contribution in [0.3, 0.4) is 0 Å². The lowest BCUT2D eigenvalue weighted by Gasteiger charge is -2.40. The second kappa shape index (κ2) is 15.1. The summed E-state index contributed by atoms with van der Waals surface area (Å²) in [5, 5.41) is 9.90. The van der Waals surface area contributed by atoms with Crippen molar-refractivity contribution in [3.63, 3.8) is 0 Å². The van der Waals surface area contributed by atoms with Gasteiger partial charge in [0.05, 0.1) is 0 Å². The second-order valence-corrected chi connectivity index (χ2v) is 16.5. The van der Waals surface area contributed by atoms with E-state index in [0.717, 1.165) is 86.3 Å². The van der Waals surface area contributed by atoms with Crippen LogP contribution in [0.4, 0.5) is 11.4 Å². The summed E-state index contributed by atoms with van der Waals surface area (Å²) in [5.41, 5.74) is 7.48. The molecule has 5 amide bonds. The van der Waals surface area contributed by atoms with Crippen LogP contribution in [0.15, 0.2) is 85.2 Å². The number of carbonyl (C=O) groups excluding carboxylic acids is 5. The van der Waals surface area contributed by atoms with Crippen molar-refractivity contribution in [2.75, 3.05) is 42.9 Å². The molecule has 7 heterocycles. The molecule has 14 nitrogen and oxygen atoms in total. The van der Waals surface area contributed by atoms with Crippen LogP contribution in [0.2, 0.25) is 0 Å². The molecule has 2 N–H and O–H groups in total. The van der Waals surface area contributed by atoms with Gasteiger partial charge in [0.1, 0.15) is 11.7 Å². The molecule has 0 saturated carbocycles. The van der Waals surface area contributed by atoms with Gasteiger partial charge in [0.15, 0.2) is 5.65 Å². The molecule has 300 valence electrons. The topological polar surface area (TPSA) is 153 Å². The first-order valence-electron chi connectivity index (χ1n) is 20.7. The lowest BCUT2D eigenvalue weighted by atomic mass is 9.94. The lowest BCUT2D eigenvalue weighted by molar-refractivity contribution is -0.136. The molecule has 3 aromatic carbocycles. The second-order valence-electron chi connectivity index (χ2n) is 16.5. The van der Waals surface area contributed by atoms with E-state index in [9.17, 15) is 24.0 Å². The van der Waals surface area contributed by atoms with Crippen molar-refractivity contribution in [2.24, 2.45) is 5.92 Å². The molecule has 5 aliphatic rings. The molecule has 10 rings (SSSR count). The molecule has 5 aliphatic heterocycles. The predicted molar refractivity (Wildman–Crippen MR) is 220 cm³/mol. The van der Waals surface area contributed by atoms with Crippen LogP contribution in [0.1, 0.15) is 80.9 Å². The van der Waals surface area contributed by atoms with E-state index in [1.807, 2.05) is 59.5 Å². The number of amides is 5. The summed E-state index contributed by atoms with van der Waals surface area (Å²) in [6, 6.07) is 22.7. The van der Waals surface area contributed by atoms with Gasteiger partial charge in [-0.05, 0) is 91.1 Å². The van der Waals surface area contributed by atoms with E-state index in [4.69, 9.17) is 0 Å². The molecule has 59 heavy (non-hydrogen) atoms. The third-order valence-electron chi connectivity index (χ3n) is 12.9. The van der Waals surface area contributed by atoms with Gasteiger partial charge in [-0.15, -0.1) is 0 Å². The van der Waals surface area contributed by atoms with Crippen molar-refractivity contribution in [2.45, 2.75) is 63.7 Å². The van der Waals surface area contributed by atoms with Gasteiger partial charge < -0.3 is 24.9 Å². The molecule has 5 aromatic rings. The van der Waals surface area contributed by atoms with E-state index in [1.165, 1.54) is 0 Å². The summed E-state index contributed by atoms with van der Waals surface area (Å²) in [6.45, 7) is 5.63. The highest BCUT2D eigenvalue weighted by molar-refractivity contribution is 6.08. The minimum atomic E-state index is -0.611. The highest BCUT2D eigenvalue weighted by Gasteiger charge is 2.40. The van der Waals surface area contributed by atoms with Crippen molar-refractivity contribution < 1.29 is 24.0 Å². The van der Waals surface area contributed by atoms with Gasteiger partial charge in [-0.2, -0.15) is 5.10 Å². The van der Waals surface area contributed by atoms with Gasteiger partial charge in [-0.1, -0.05) is 36.4 Å². The molecule has 3 fully saturated rings. The van der Waals surface area contributed by atoms with Crippen LogP contribution >= 0.6 is 0 Å². The van der Waals surface area contributed by atoms with Crippen molar-refractivity contribution in [1.29, 1.82) is 0 Å².